The third-order valence-corrected chi connectivity index (χ3v) is 6.70. The fraction of sp³-hybridized carbons (Fsp3) is 0.258. The van der Waals surface area contributed by atoms with Crippen molar-refractivity contribution in [3.05, 3.63) is 132 Å². The maximum absolute atomic E-state index is 14.3. The predicted octanol–water partition coefficient (Wildman–Crippen LogP) is 6.74. The van der Waals surface area contributed by atoms with Gasteiger partial charge in [0.05, 0.1) is 12.5 Å². The van der Waals surface area contributed by atoms with Crippen molar-refractivity contribution in [2.75, 3.05) is 0 Å². The second kappa shape index (κ2) is 11.0. The molecule has 0 saturated heterocycles. The van der Waals surface area contributed by atoms with Crippen LogP contribution in [0.1, 0.15) is 49.1 Å². The van der Waals surface area contributed by atoms with Crippen molar-refractivity contribution in [3.8, 4) is 0 Å². The molecule has 0 bridgehead atoms. The Hall–Kier alpha value is -3.59. The molecule has 0 saturated carbocycles. The van der Waals surface area contributed by atoms with Gasteiger partial charge in [0.2, 0.25) is 5.91 Å². The molecule has 3 heteroatoms. The van der Waals surface area contributed by atoms with E-state index in [1.165, 1.54) is 5.56 Å². The van der Waals surface area contributed by atoms with Crippen LogP contribution in [0.4, 0.5) is 0 Å². The van der Waals surface area contributed by atoms with Gasteiger partial charge < -0.3 is 9.47 Å². The van der Waals surface area contributed by atoms with Crippen molar-refractivity contribution in [1.29, 1.82) is 0 Å². The van der Waals surface area contributed by atoms with Gasteiger partial charge in [-0.05, 0) is 41.7 Å². The summed E-state index contributed by atoms with van der Waals surface area (Å²) in [7, 11) is 0. The molecular formula is C31H34N2O. The highest BCUT2D eigenvalue weighted by Gasteiger charge is 2.31. The molecule has 34 heavy (non-hydrogen) atoms. The van der Waals surface area contributed by atoms with Crippen LogP contribution in [0.25, 0.3) is 0 Å². The molecule has 0 spiro atoms. The molecule has 1 unspecified atom stereocenters. The maximum Gasteiger partial charge on any atom is 0.235 e. The van der Waals surface area contributed by atoms with Crippen LogP contribution in [-0.2, 0) is 17.9 Å². The minimum atomic E-state index is -0.332. The number of hydrogen-bond acceptors (Lipinski definition) is 1. The standard InChI is InChI=1S/C31H34N2O/c1-24(2)25(3)33(23-29-20-13-21-32(29)22-26-14-7-4-8-15-26)31(34)30(27-16-9-5-10-17-27)28-18-11-6-12-19-28/h4-21,24-25,30H,22-23H2,1-3H3. The summed E-state index contributed by atoms with van der Waals surface area (Å²) in [5.41, 5.74) is 4.45. The van der Waals surface area contributed by atoms with E-state index in [0.717, 1.165) is 23.4 Å². The molecule has 1 amide bonds. The van der Waals surface area contributed by atoms with E-state index in [2.05, 4.69) is 97.1 Å². The molecule has 1 aromatic heterocycles. The van der Waals surface area contributed by atoms with Gasteiger partial charge in [0, 0.05) is 24.5 Å². The van der Waals surface area contributed by atoms with Crippen LogP contribution in [0.3, 0.4) is 0 Å². The van der Waals surface area contributed by atoms with Crippen LogP contribution in [-0.4, -0.2) is 21.4 Å². The number of rotatable bonds is 9. The van der Waals surface area contributed by atoms with Gasteiger partial charge in [-0.25, -0.2) is 0 Å². The molecular weight excluding hydrogens is 416 g/mol. The summed E-state index contributed by atoms with van der Waals surface area (Å²) in [6.07, 6.45) is 2.11. The first-order valence-corrected chi connectivity index (χ1v) is 12.1. The lowest BCUT2D eigenvalue weighted by molar-refractivity contribution is -0.135. The molecule has 1 atom stereocenters. The molecule has 0 N–H and O–H groups in total. The van der Waals surface area contributed by atoms with Crippen molar-refractivity contribution in [3.63, 3.8) is 0 Å². The van der Waals surface area contributed by atoms with Gasteiger partial charge in [0.25, 0.3) is 0 Å². The molecule has 0 fully saturated rings. The zero-order valence-electron chi connectivity index (χ0n) is 20.3. The highest BCUT2D eigenvalue weighted by atomic mass is 16.2. The number of amides is 1. The van der Waals surface area contributed by atoms with E-state index in [1.807, 2.05) is 42.5 Å². The highest BCUT2D eigenvalue weighted by molar-refractivity contribution is 5.87. The van der Waals surface area contributed by atoms with Crippen LogP contribution in [0.2, 0.25) is 0 Å². The molecule has 1 heterocycles. The Morgan fingerprint density at radius 3 is 1.79 bits per heavy atom. The minimum Gasteiger partial charge on any atom is -0.345 e. The van der Waals surface area contributed by atoms with E-state index in [-0.39, 0.29) is 17.9 Å². The lowest BCUT2D eigenvalue weighted by Crippen LogP contribution is -2.44. The molecule has 0 aliphatic carbocycles. The largest absolute Gasteiger partial charge is 0.345 e. The van der Waals surface area contributed by atoms with Gasteiger partial charge in [0.15, 0.2) is 0 Å². The lowest BCUT2D eigenvalue weighted by Gasteiger charge is -2.35. The summed E-state index contributed by atoms with van der Waals surface area (Å²) >= 11 is 0. The molecule has 0 radical (unpaired) electrons. The molecule has 174 valence electrons. The van der Waals surface area contributed by atoms with E-state index < -0.39 is 0 Å². The highest BCUT2D eigenvalue weighted by Crippen LogP contribution is 2.30. The van der Waals surface area contributed by atoms with Crippen LogP contribution in [0.15, 0.2) is 109 Å². The average Bonchev–Trinajstić information content (AvgIpc) is 3.30. The molecule has 3 nitrogen and oxygen atoms in total. The van der Waals surface area contributed by atoms with Crippen LogP contribution in [0, 0.1) is 5.92 Å². The fourth-order valence-corrected chi connectivity index (χ4v) is 4.42. The van der Waals surface area contributed by atoms with Crippen molar-refractivity contribution >= 4 is 5.91 Å². The quantitative estimate of drug-likeness (QED) is 0.277. The minimum absolute atomic E-state index is 0.0995. The predicted molar refractivity (Wildman–Crippen MR) is 140 cm³/mol. The van der Waals surface area contributed by atoms with Crippen molar-refractivity contribution < 1.29 is 4.79 Å². The van der Waals surface area contributed by atoms with Gasteiger partial charge >= 0.3 is 0 Å². The van der Waals surface area contributed by atoms with Gasteiger partial charge in [-0.1, -0.05) is 105 Å². The smallest absolute Gasteiger partial charge is 0.235 e. The first-order valence-electron chi connectivity index (χ1n) is 12.1. The van der Waals surface area contributed by atoms with E-state index >= 15 is 0 Å². The third kappa shape index (κ3) is 5.48. The zero-order valence-corrected chi connectivity index (χ0v) is 20.3. The van der Waals surface area contributed by atoms with E-state index in [0.29, 0.717) is 12.5 Å². The number of aromatic nitrogens is 1. The lowest BCUT2D eigenvalue weighted by atomic mass is 9.89. The summed E-state index contributed by atoms with van der Waals surface area (Å²) < 4.78 is 2.25. The number of carbonyl (C=O) groups is 1. The molecule has 3 aromatic carbocycles. The summed E-state index contributed by atoms with van der Waals surface area (Å²) in [6, 6.07) is 35.1. The molecule has 0 aliphatic rings. The van der Waals surface area contributed by atoms with E-state index in [1.54, 1.807) is 0 Å². The summed E-state index contributed by atoms with van der Waals surface area (Å²) in [5.74, 6) is 0.154. The van der Waals surface area contributed by atoms with E-state index in [4.69, 9.17) is 0 Å². The van der Waals surface area contributed by atoms with E-state index in [9.17, 15) is 4.79 Å². The second-order valence-electron chi connectivity index (χ2n) is 9.32. The summed E-state index contributed by atoms with van der Waals surface area (Å²) in [5, 5.41) is 0. The Morgan fingerprint density at radius 2 is 1.26 bits per heavy atom. The maximum atomic E-state index is 14.3. The van der Waals surface area contributed by atoms with Crippen LogP contribution >= 0.6 is 0 Å². The Balaban J connectivity index is 1.69. The van der Waals surface area contributed by atoms with Crippen LogP contribution < -0.4 is 0 Å². The van der Waals surface area contributed by atoms with Gasteiger partial charge in [-0.3, -0.25) is 4.79 Å². The third-order valence-electron chi connectivity index (χ3n) is 6.70. The summed E-state index contributed by atoms with van der Waals surface area (Å²) in [6.45, 7) is 7.92. The summed E-state index contributed by atoms with van der Waals surface area (Å²) in [4.78, 5) is 16.4. The van der Waals surface area contributed by atoms with Crippen molar-refractivity contribution in [2.45, 2.75) is 45.8 Å². The Morgan fingerprint density at radius 1 is 0.735 bits per heavy atom. The number of hydrogen-bond donors (Lipinski definition) is 0. The molecule has 4 aromatic rings. The van der Waals surface area contributed by atoms with Crippen LogP contribution in [0.5, 0.6) is 0 Å². The first-order chi connectivity index (χ1) is 16.5. The fourth-order valence-electron chi connectivity index (χ4n) is 4.42. The second-order valence-corrected chi connectivity index (χ2v) is 9.32. The SMILES string of the molecule is CC(C)C(C)N(Cc1cccn1Cc1ccccc1)C(=O)C(c1ccccc1)c1ccccc1. The zero-order chi connectivity index (χ0) is 23.9. The monoisotopic (exact) mass is 450 g/mol. The topological polar surface area (TPSA) is 25.2 Å². The Bertz CT molecular complexity index is 1130. The molecule has 4 rings (SSSR count). The van der Waals surface area contributed by atoms with Crippen molar-refractivity contribution in [1.82, 2.24) is 9.47 Å². The van der Waals surface area contributed by atoms with Gasteiger partial charge in [-0.2, -0.15) is 0 Å². The number of benzene rings is 3. The average molecular weight is 451 g/mol. The van der Waals surface area contributed by atoms with Gasteiger partial charge in [0.1, 0.15) is 0 Å². The number of carbonyl (C=O) groups excluding carboxylic acids is 1. The van der Waals surface area contributed by atoms with Crippen molar-refractivity contribution in [2.24, 2.45) is 5.92 Å². The normalized spacial score (nSPS) is 12.1. The Kier molecular flexibility index (Phi) is 7.64. The Labute approximate surface area is 203 Å². The number of nitrogens with zero attached hydrogens (tertiary/aromatic N) is 2. The first kappa shape index (κ1) is 23.6. The van der Waals surface area contributed by atoms with Gasteiger partial charge in [-0.15, -0.1) is 0 Å². The molecule has 0 aliphatic heterocycles.